The Morgan fingerprint density at radius 2 is 1.32 bits per heavy atom. The van der Waals surface area contributed by atoms with Crippen molar-refractivity contribution in [2.24, 2.45) is 0 Å². The second-order valence-corrected chi connectivity index (χ2v) is 8.33. The third-order valence-corrected chi connectivity index (χ3v) is 6.09. The molecule has 0 aliphatic rings. The van der Waals surface area contributed by atoms with E-state index in [4.69, 9.17) is 0 Å². The molecule has 0 bridgehead atoms. The molecule has 1 heterocycles. The smallest absolute Gasteiger partial charge is 0.226 e. The summed E-state index contributed by atoms with van der Waals surface area (Å²) < 4.78 is 26.4. The summed E-state index contributed by atoms with van der Waals surface area (Å²) in [6.07, 6.45) is 3.56. The molecule has 0 unspecified atom stereocenters. The standard InChI is InChI=1S/C23H18N2O2S/c1-17-11-13-18(14-12-17)15-16-22-23(25-21-10-6-5-9-20(21)24-22)28(26,27)19-7-3-2-4-8-19/h2-16H,1H3/b16-15+. The highest BCUT2D eigenvalue weighted by molar-refractivity contribution is 7.91. The SMILES string of the molecule is Cc1ccc(/C=C/c2nc3ccccc3nc2S(=O)(=O)c2ccccc2)cc1. The van der Waals surface area contributed by atoms with E-state index in [1.54, 1.807) is 42.5 Å². The molecule has 0 saturated carbocycles. The molecule has 4 rings (SSSR count). The van der Waals surface area contributed by atoms with Crippen molar-refractivity contribution in [2.75, 3.05) is 0 Å². The number of rotatable bonds is 4. The van der Waals surface area contributed by atoms with Gasteiger partial charge in [0, 0.05) is 0 Å². The quantitative estimate of drug-likeness (QED) is 0.498. The fraction of sp³-hybridized carbons (Fsp3) is 0.0435. The molecule has 28 heavy (non-hydrogen) atoms. The Labute approximate surface area is 164 Å². The van der Waals surface area contributed by atoms with E-state index < -0.39 is 9.84 Å². The maximum Gasteiger partial charge on any atom is 0.226 e. The largest absolute Gasteiger partial charge is 0.244 e. The zero-order valence-corrected chi connectivity index (χ0v) is 16.1. The second kappa shape index (κ2) is 7.37. The summed E-state index contributed by atoms with van der Waals surface area (Å²) in [5, 5.41) is -0.0410. The van der Waals surface area contributed by atoms with Gasteiger partial charge in [-0.25, -0.2) is 18.4 Å². The zero-order valence-electron chi connectivity index (χ0n) is 15.3. The van der Waals surface area contributed by atoms with Gasteiger partial charge in [-0.05, 0) is 42.8 Å². The number of aromatic nitrogens is 2. The lowest BCUT2D eigenvalue weighted by molar-refractivity contribution is 0.592. The summed E-state index contributed by atoms with van der Waals surface area (Å²) in [6.45, 7) is 2.02. The maximum absolute atomic E-state index is 13.2. The van der Waals surface area contributed by atoms with Crippen molar-refractivity contribution in [3.8, 4) is 0 Å². The van der Waals surface area contributed by atoms with Crippen LogP contribution in [-0.4, -0.2) is 18.4 Å². The Hall–Kier alpha value is -3.31. The van der Waals surface area contributed by atoms with Crippen LogP contribution in [0, 0.1) is 6.92 Å². The van der Waals surface area contributed by atoms with Gasteiger partial charge in [0.25, 0.3) is 0 Å². The molecule has 0 saturated heterocycles. The van der Waals surface area contributed by atoms with Gasteiger partial charge in [0.1, 0.15) is 5.69 Å². The van der Waals surface area contributed by atoms with E-state index in [-0.39, 0.29) is 9.92 Å². The monoisotopic (exact) mass is 386 g/mol. The van der Waals surface area contributed by atoms with Gasteiger partial charge in [0.15, 0.2) is 5.03 Å². The lowest BCUT2D eigenvalue weighted by atomic mass is 10.1. The highest BCUT2D eigenvalue weighted by Crippen LogP contribution is 2.25. The van der Waals surface area contributed by atoms with Crippen LogP contribution in [-0.2, 0) is 9.84 Å². The van der Waals surface area contributed by atoms with Crippen LogP contribution in [0.2, 0.25) is 0 Å². The van der Waals surface area contributed by atoms with Gasteiger partial charge >= 0.3 is 0 Å². The van der Waals surface area contributed by atoms with E-state index in [0.29, 0.717) is 16.7 Å². The van der Waals surface area contributed by atoms with E-state index >= 15 is 0 Å². The number of aryl methyl sites for hydroxylation is 1. The van der Waals surface area contributed by atoms with Gasteiger partial charge in [0.2, 0.25) is 9.84 Å². The topological polar surface area (TPSA) is 59.9 Å². The van der Waals surface area contributed by atoms with Gasteiger partial charge in [-0.2, -0.15) is 0 Å². The number of hydrogen-bond acceptors (Lipinski definition) is 4. The van der Waals surface area contributed by atoms with Crippen LogP contribution in [0.4, 0.5) is 0 Å². The molecule has 4 aromatic rings. The van der Waals surface area contributed by atoms with Crippen LogP contribution < -0.4 is 0 Å². The molecule has 0 aliphatic carbocycles. The fourth-order valence-electron chi connectivity index (χ4n) is 2.87. The first-order valence-electron chi connectivity index (χ1n) is 8.86. The van der Waals surface area contributed by atoms with Crippen LogP contribution in [0.5, 0.6) is 0 Å². The Morgan fingerprint density at radius 1 is 0.714 bits per heavy atom. The van der Waals surface area contributed by atoms with Gasteiger partial charge in [-0.1, -0.05) is 66.2 Å². The third-order valence-electron chi connectivity index (χ3n) is 4.38. The molecule has 0 radical (unpaired) electrons. The minimum Gasteiger partial charge on any atom is -0.244 e. The number of fused-ring (bicyclic) bond motifs is 1. The van der Waals surface area contributed by atoms with Crippen LogP contribution in [0.15, 0.2) is 88.8 Å². The predicted octanol–water partition coefficient (Wildman–Crippen LogP) is 4.94. The number of hydrogen-bond donors (Lipinski definition) is 0. The fourth-order valence-corrected chi connectivity index (χ4v) is 4.21. The van der Waals surface area contributed by atoms with Crippen LogP contribution in [0.1, 0.15) is 16.8 Å². The van der Waals surface area contributed by atoms with Gasteiger partial charge in [-0.3, -0.25) is 0 Å². The molecule has 0 atom stereocenters. The van der Waals surface area contributed by atoms with Crippen LogP contribution in [0.25, 0.3) is 23.2 Å². The first-order valence-corrected chi connectivity index (χ1v) is 10.3. The van der Waals surface area contributed by atoms with Crippen LogP contribution in [0.3, 0.4) is 0 Å². The molecule has 5 heteroatoms. The first-order chi connectivity index (χ1) is 13.5. The average molecular weight is 386 g/mol. The van der Waals surface area contributed by atoms with E-state index in [2.05, 4.69) is 9.97 Å². The van der Waals surface area contributed by atoms with E-state index in [9.17, 15) is 8.42 Å². The van der Waals surface area contributed by atoms with Crippen molar-refractivity contribution in [3.63, 3.8) is 0 Å². The molecule has 138 valence electrons. The van der Waals surface area contributed by atoms with Crippen molar-refractivity contribution >= 4 is 33.0 Å². The Morgan fingerprint density at radius 3 is 2.00 bits per heavy atom. The summed E-state index contributed by atoms with van der Waals surface area (Å²) >= 11 is 0. The molecule has 4 nitrogen and oxygen atoms in total. The minimum atomic E-state index is -3.80. The summed E-state index contributed by atoms with van der Waals surface area (Å²) in [5.74, 6) is 0. The normalized spacial score (nSPS) is 11.9. The average Bonchev–Trinajstić information content (AvgIpc) is 2.73. The summed E-state index contributed by atoms with van der Waals surface area (Å²) in [6, 6.07) is 23.5. The molecular formula is C23H18N2O2S. The summed E-state index contributed by atoms with van der Waals surface area (Å²) in [5.41, 5.74) is 3.64. The van der Waals surface area contributed by atoms with E-state index in [1.807, 2.05) is 55.5 Å². The number of para-hydroxylation sites is 2. The Balaban J connectivity index is 1.89. The molecule has 1 aromatic heterocycles. The van der Waals surface area contributed by atoms with E-state index in [1.165, 1.54) is 0 Å². The van der Waals surface area contributed by atoms with Crippen molar-refractivity contribution in [1.29, 1.82) is 0 Å². The molecule has 0 spiro atoms. The van der Waals surface area contributed by atoms with Crippen molar-refractivity contribution < 1.29 is 8.42 Å². The van der Waals surface area contributed by atoms with Crippen molar-refractivity contribution in [2.45, 2.75) is 16.8 Å². The maximum atomic E-state index is 13.2. The van der Waals surface area contributed by atoms with Gasteiger partial charge < -0.3 is 0 Å². The third kappa shape index (κ3) is 3.57. The number of benzene rings is 3. The first kappa shape index (κ1) is 18.1. The Bertz CT molecular complexity index is 1260. The lowest BCUT2D eigenvalue weighted by Gasteiger charge is -2.08. The second-order valence-electron chi connectivity index (χ2n) is 6.46. The molecular weight excluding hydrogens is 368 g/mol. The number of nitrogens with zero attached hydrogens (tertiary/aromatic N) is 2. The van der Waals surface area contributed by atoms with Crippen molar-refractivity contribution in [1.82, 2.24) is 9.97 Å². The molecule has 0 amide bonds. The predicted molar refractivity (Wildman–Crippen MR) is 112 cm³/mol. The molecule has 0 N–H and O–H groups in total. The van der Waals surface area contributed by atoms with Gasteiger partial charge in [-0.15, -0.1) is 0 Å². The highest BCUT2D eigenvalue weighted by atomic mass is 32.2. The molecule has 0 fully saturated rings. The molecule has 3 aromatic carbocycles. The van der Waals surface area contributed by atoms with Crippen LogP contribution >= 0.6 is 0 Å². The van der Waals surface area contributed by atoms with E-state index in [0.717, 1.165) is 11.1 Å². The van der Waals surface area contributed by atoms with Crippen molar-refractivity contribution in [3.05, 3.63) is 95.7 Å². The molecule has 0 aliphatic heterocycles. The minimum absolute atomic E-state index is 0.0410. The zero-order chi connectivity index (χ0) is 19.6. The van der Waals surface area contributed by atoms with Gasteiger partial charge in [0.05, 0.1) is 15.9 Å². The Kier molecular flexibility index (Phi) is 4.75. The summed E-state index contributed by atoms with van der Waals surface area (Å²) in [4.78, 5) is 9.22. The lowest BCUT2D eigenvalue weighted by Crippen LogP contribution is -2.08. The number of sulfone groups is 1. The summed E-state index contributed by atoms with van der Waals surface area (Å²) in [7, 11) is -3.80. The highest BCUT2D eigenvalue weighted by Gasteiger charge is 2.23.